The molecule has 1 aromatic carbocycles. The summed E-state index contributed by atoms with van der Waals surface area (Å²) < 4.78 is 0. The van der Waals surface area contributed by atoms with E-state index in [2.05, 4.69) is 42.9 Å². The third kappa shape index (κ3) is 3.79. The molecule has 0 aliphatic carbocycles. The van der Waals surface area contributed by atoms with E-state index in [1.165, 1.54) is 10.5 Å². The smallest absolute Gasteiger partial charge is 0.0359 e. The third-order valence-electron chi connectivity index (χ3n) is 1.79. The Morgan fingerprint density at radius 3 is 2.71 bits per heavy atom. The monoisotopic (exact) mass is 205 g/mol. The van der Waals surface area contributed by atoms with Crippen LogP contribution in [0.3, 0.4) is 0 Å². The van der Waals surface area contributed by atoms with Crippen molar-refractivity contribution in [1.82, 2.24) is 0 Å². The first kappa shape index (κ1) is 11.1. The minimum Gasteiger partial charge on any atom is -0.272 e. The van der Waals surface area contributed by atoms with Gasteiger partial charge in [-0.15, -0.1) is 11.8 Å². The number of aliphatic imine (C=N–C) groups is 1. The molecule has 1 aromatic rings. The number of hydrogen-bond acceptors (Lipinski definition) is 2. The Balaban J connectivity index is 2.65. The highest BCUT2D eigenvalue weighted by atomic mass is 32.2. The fourth-order valence-corrected chi connectivity index (χ4v) is 2.01. The van der Waals surface area contributed by atoms with Gasteiger partial charge in [0.1, 0.15) is 0 Å². The number of hydrogen-bond donors (Lipinski definition) is 0. The molecule has 0 amide bonds. The molecule has 0 heterocycles. The van der Waals surface area contributed by atoms with E-state index in [-0.39, 0.29) is 0 Å². The highest BCUT2D eigenvalue weighted by Gasteiger charge is 1.98. The van der Waals surface area contributed by atoms with Crippen LogP contribution in [0.4, 0.5) is 0 Å². The van der Waals surface area contributed by atoms with E-state index in [0.717, 1.165) is 12.2 Å². The minimum absolute atomic E-state index is 0.957. The largest absolute Gasteiger partial charge is 0.272 e. The van der Waals surface area contributed by atoms with Gasteiger partial charge in [0, 0.05) is 17.5 Å². The van der Waals surface area contributed by atoms with Crippen LogP contribution in [0.2, 0.25) is 0 Å². The first-order valence-corrected chi connectivity index (χ1v) is 5.67. The molecule has 0 aliphatic rings. The molecule has 14 heavy (non-hydrogen) atoms. The average Bonchev–Trinajstić information content (AvgIpc) is 2.20. The number of rotatable bonds is 5. The van der Waals surface area contributed by atoms with Crippen molar-refractivity contribution in [2.45, 2.75) is 13.3 Å². The molecule has 0 saturated heterocycles. The number of nitrogens with zero attached hydrogens (tertiary/aromatic N) is 1. The highest BCUT2D eigenvalue weighted by molar-refractivity contribution is 8.03. The van der Waals surface area contributed by atoms with Crippen molar-refractivity contribution in [2.75, 3.05) is 5.75 Å². The maximum absolute atomic E-state index is 3.82. The van der Waals surface area contributed by atoms with Gasteiger partial charge in [0.05, 0.1) is 0 Å². The molecular weight excluding hydrogens is 190 g/mol. The molecule has 0 fully saturated rings. The Hall–Kier alpha value is -1.02. The second kappa shape index (κ2) is 6.44. The highest BCUT2D eigenvalue weighted by Crippen LogP contribution is 2.20. The summed E-state index contributed by atoms with van der Waals surface area (Å²) in [6.45, 7) is 5.63. The molecule has 74 valence electrons. The van der Waals surface area contributed by atoms with E-state index in [4.69, 9.17) is 0 Å². The molecular formula is C12H15NS. The fourth-order valence-electron chi connectivity index (χ4n) is 1.22. The van der Waals surface area contributed by atoms with Crippen molar-refractivity contribution >= 4 is 18.5 Å². The van der Waals surface area contributed by atoms with Crippen LogP contribution >= 0.6 is 11.8 Å². The quantitative estimate of drug-likeness (QED) is 0.670. The topological polar surface area (TPSA) is 12.4 Å². The van der Waals surface area contributed by atoms with Gasteiger partial charge in [0.25, 0.3) is 0 Å². The zero-order chi connectivity index (χ0) is 10.2. The Labute approximate surface area is 89.9 Å². The summed E-state index contributed by atoms with van der Waals surface area (Å²) in [7, 11) is 0. The third-order valence-corrected chi connectivity index (χ3v) is 2.70. The van der Waals surface area contributed by atoms with Crippen LogP contribution < -0.4 is 0 Å². The van der Waals surface area contributed by atoms with Gasteiger partial charge in [-0.3, -0.25) is 4.99 Å². The molecule has 1 nitrogen and oxygen atoms in total. The summed E-state index contributed by atoms with van der Waals surface area (Å²) in [6.07, 6.45) is 2.81. The van der Waals surface area contributed by atoms with Crippen molar-refractivity contribution in [3.8, 4) is 0 Å². The Bertz CT molecular complexity index is 303. The predicted octanol–water partition coefficient (Wildman–Crippen LogP) is 3.52. The average molecular weight is 205 g/mol. The van der Waals surface area contributed by atoms with E-state index in [0.29, 0.717) is 0 Å². The molecule has 0 saturated carbocycles. The molecule has 0 aromatic heterocycles. The lowest BCUT2D eigenvalue weighted by Gasteiger charge is -2.04. The van der Waals surface area contributed by atoms with Gasteiger partial charge in [0.2, 0.25) is 0 Å². The van der Waals surface area contributed by atoms with Gasteiger partial charge in [0.15, 0.2) is 0 Å². The summed E-state index contributed by atoms with van der Waals surface area (Å²) in [5, 5.41) is 0. The first-order valence-electron chi connectivity index (χ1n) is 4.68. The van der Waals surface area contributed by atoms with Crippen LogP contribution in [0, 0.1) is 0 Å². The van der Waals surface area contributed by atoms with E-state index < -0.39 is 0 Å². The Morgan fingerprint density at radius 2 is 2.14 bits per heavy atom. The maximum Gasteiger partial charge on any atom is 0.0359 e. The van der Waals surface area contributed by atoms with Crippen molar-refractivity contribution in [3.63, 3.8) is 0 Å². The molecule has 1 rings (SSSR count). The SMILES string of the molecule is C=N/C=C(/Cc1ccccc1)SCC. The zero-order valence-electron chi connectivity index (χ0n) is 8.44. The number of thioether (sulfide) groups is 1. The number of allylic oxidation sites excluding steroid dienone is 1. The first-order chi connectivity index (χ1) is 6.86. The lowest BCUT2D eigenvalue weighted by atomic mass is 10.1. The molecule has 0 N–H and O–H groups in total. The van der Waals surface area contributed by atoms with Crippen LogP contribution in [0.1, 0.15) is 12.5 Å². The molecule has 2 heteroatoms. The van der Waals surface area contributed by atoms with Gasteiger partial charge in [-0.25, -0.2) is 0 Å². The molecule has 0 aliphatic heterocycles. The van der Waals surface area contributed by atoms with Gasteiger partial charge < -0.3 is 0 Å². The van der Waals surface area contributed by atoms with Crippen LogP contribution in [0.15, 0.2) is 46.4 Å². The second-order valence-corrected chi connectivity index (χ2v) is 4.26. The van der Waals surface area contributed by atoms with E-state index in [9.17, 15) is 0 Å². The standard InChI is InChI=1S/C12H15NS/c1-3-14-12(10-13-2)9-11-7-5-4-6-8-11/h4-8,10H,2-3,9H2,1H3/b12-10-. The van der Waals surface area contributed by atoms with Gasteiger partial charge >= 0.3 is 0 Å². The van der Waals surface area contributed by atoms with Crippen LogP contribution in [-0.4, -0.2) is 12.5 Å². The molecule has 0 bridgehead atoms. The number of benzene rings is 1. The summed E-state index contributed by atoms with van der Waals surface area (Å²) >= 11 is 1.82. The zero-order valence-corrected chi connectivity index (χ0v) is 9.26. The van der Waals surface area contributed by atoms with E-state index >= 15 is 0 Å². The Morgan fingerprint density at radius 1 is 1.43 bits per heavy atom. The maximum atomic E-state index is 3.82. The van der Waals surface area contributed by atoms with Crippen molar-refractivity contribution in [3.05, 3.63) is 47.0 Å². The van der Waals surface area contributed by atoms with Gasteiger partial charge in [-0.2, -0.15) is 0 Å². The van der Waals surface area contributed by atoms with E-state index in [1.54, 1.807) is 0 Å². The second-order valence-electron chi connectivity index (χ2n) is 2.87. The predicted molar refractivity (Wildman–Crippen MR) is 65.9 cm³/mol. The fraction of sp³-hybridized carbons (Fsp3) is 0.250. The minimum atomic E-state index is 0.957. The molecule has 0 unspecified atom stereocenters. The normalized spacial score (nSPS) is 11.4. The molecule has 0 radical (unpaired) electrons. The van der Waals surface area contributed by atoms with Crippen LogP contribution in [0.25, 0.3) is 0 Å². The van der Waals surface area contributed by atoms with Crippen LogP contribution in [-0.2, 0) is 6.42 Å². The van der Waals surface area contributed by atoms with Crippen molar-refractivity contribution < 1.29 is 0 Å². The van der Waals surface area contributed by atoms with Crippen molar-refractivity contribution in [2.24, 2.45) is 4.99 Å². The molecule has 0 spiro atoms. The van der Waals surface area contributed by atoms with E-state index in [1.807, 2.05) is 24.0 Å². The van der Waals surface area contributed by atoms with Gasteiger partial charge in [-0.1, -0.05) is 37.3 Å². The van der Waals surface area contributed by atoms with Gasteiger partial charge in [-0.05, 0) is 18.0 Å². The Kier molecular flexibility index (Phi) is 5.08. The lowest BCUT2D eigenvalue weighted by molar-refractivity contribution is 1.23. The summed E-state index contributed by atoms with van der Waals surface area (Å²) in [5.74, 6) is 1.08. The molecule has 0 atom stereocenters. The van der Waals surface area contributed by atoms with Crippen LogP contribution in [0.5, 0.6) is 0 Å². The summed E-state index contributed by atoms with van der Waals surface area (Å²) in [5.41, 5.74) is 1.32. The van der Waals surface area contributed by atoms with Crippen molar-refractivity contribution in [1.29, 1.82) is 0 Å². The summed E-state index contributed by atoms with van der Waals surface area (Å²) in [6, 6.07) is 10.4. The lowest BCUT2D eigenvalue weighted by Crippen LogP contribution is -1.87. The summed E-state index contributed by atoms with van der Waals surface area (Å²) in [4.78, 5) is 5.09.